The first-order chi connectivity index (χ1) is 11.2. The zero-order valence-corrected chi connectivity index (χ0v) is 14.5. The molecule has 0 saturated carbocycles. The highest BCUT2D eigenvalue weighted by Gasteiger charge is 2.28. The molecule has 0 aliphatic carbocycles. The molecule has 1 aliphatic rings. The van der Waals surface area contributed by atoms with E-state index in [4.69, 9.17) is 4.74 Å². The molecule has 1 aromatic heterocycles. The van der Waals surface area contributed by atoms with Crippen molar-refractivity contribution in [2.24, 2.45) is 5.92 Å². The molecule has 1 fully saturated rings. The average molecular weight is 320 g/mol. The third-order valence-electron chi connectivity index (χ3n) is 4.25. The Hall–Kier alpha value is -1.85. The molecule has 128 valence electrons. The van der Waals surface area contributed by atoms with Gasteiger partial charge in [-0.25, -0.2) is 4.98 Å². The SMILES string of the molecule is CCCN(CCC)C(=O)C1CCN(c2nccc(OC)n2)CC1. The van der Waals surface area contributed by atoms with Gasteiger partial charge in [0.1, 0.15) is 0 Å². The quantitative estimate of drug-likeness (QED) is 0.772. The number of nitrogens with zero attached hydrogens (tertiary/aromatic N) is 4. The van der Waals surface area contributed by atoms with Crippen LogP contribution in [0.5, 0.6) is 5.88 Å². The third kappa shape index (κ3) is 4.56. The van der Waals surface area contributed by atoms with E-state index in [9.17, 15) is 4.79 Å². The van der Waals surface area contributed by atoms with Crippen molar-refractivity contribution in [2.75, 3.05) is 38.2 Å². The summed E-state index contributed by atoms with van der Waals surface area (Å²) in [6.07, 6.45) is 5.47. The molecular formula is C17H28N4O2. The number of aromatic nitrogens is 2. The van der Waals surface area contributed by atoms with Crippen LogP contribution in [0.3, 0.4) is 0 Å². The van der Waals surface area contributed by atoms with E-state index in [0.29, 0.717) is 17.7 Å². The smallest absolute Gasteiger partial charge is 0.228 e. The molecular weight excluding hydrogens is 292 g/mol. The molecule has 0 aromatic carbocycles. The van der Waals surface area contributed by atoms with Gasteiger partial charge in [-0.3, -0.25) is 4.79 Å². The lowest BCUT2D eigenvalue weighted by atomic mass is 9.95. The Bertz CT molecular complexity index is 495. The fraction of sp³-hybridized carbons (Fsp3) is 0.706. The van der Waals surface area contributed by atoms with Gasteiger partial charge in [0.2, 0.25) is 17.7 Å². The molecule has 2 heterocycles. The van der Waals surface area contributed by atoms with Crippen LogP contribution in [0.4, 0.5) is 5.95 Å². The molecule has 0 spiro atoms. The second-order valence-corrected chi connectivity index (χ2v) is 5.99. The minimum atomic E-state index is 0.134. The number of anilines is 1. The van der Waals surface area contributed by atoms with Crippen molar-refractivity contribution in [3.05, 3.63) is 12.3 Å². The minimum Gasteiger partial charge on any atom is -0.481 e. The first-order valence-corrected chi connectivity index (χ1v) is 8.60. The Morgan fingerprint density at radius 1 is 1.30 bits per heavy atom. The maximum atomic E-state index is 12.7. The van der Waals surface area contributed by atoms with Crippen molar-refractivity contribution in [2.45, 2.75) is 39.5 Å². The summed E-state index contributed by atoms with van der Waals surface area (Å²) < 4.78 is 5.15. The van der Waals surface area contributed by atoms with E-state index in [-0.39, 0.29) is 5.92 Å². The number of ether oxygens (including phenoxy) is 1. The Morgan fingerprint density at radius 3 is 2.52 bits per heavy atom. The molecule has 0 unspecified atom stereocenters. The van der Waals surface area contributed by atoms with E-state index in [1.807, 2.05) is 4.90 Å². The molecule has 0 radical (unpaired) electrons. The van der Waals surface area contributed by atoms with Gasteiger partial charge in [-0.05, 0) is 25.7 Å². The predicted molar refractivity (Wildman–Crippen MR) is 90.7 cm³/mol. The van der Waals surface area contributed by atoms with Crippen molar-refractivity contribution < 1.29 is 9.53 Å². The Kier molecular flexibility index (Phi) is 6.62. The molecule has 1 amide bonds. The lowest BCUT2D eigenvalue weighted by molar-refractivity contribution is -0.136. The molecule has 6 nitrogen and oxygen atoms in total. The molecule has 0 bridgehead atoms. The highest BCUT2D eigenvalue weighted by molar-refractivity contribution is 5.79. The second kappa shape index (κ2) is 8.70. The molecule has 1 aliphatic heterocycles. The van der Waals surface area contributed by atoms with Crippen molar-refractivity contribution in [1.29, 1.82) is 0 Å². The number of hydrogen-bond donors (Lipinski definition) is 0. The average Bonchev–Trinajstić information content (AvgIpc) is 2.61. The monoisotopic (exact) mass is 320 g/mol. The van der Waals surface area contributed by atoms with Crippen molar-refractivity contribution >= 4 is 11.9 Å². The lowest BCUT2D eigenvalue weighted by Crippen LogP contribution is -2.43. The van der Waals surface area contributed by atoms with Crippen LogP contribution in [0.1, 0.15) is 39.5 Å². The van der Waals surface area contributed by atoms with Crippen LogP contribution >= 0.6 is 0 Å². The Morgan fingerprint density at radius 2 is 1.96 bits per heavy atom. The molecule has 6 heteroatoms. The number of methoxy groups -OCH3 is 1. The van der Waals surface area contributed by atoms with Gasteiger partial charge in [-0.15, -0.1) is 0 Å². The van der Waals surface area contributed by atoms with Gasteiger partial charge >= 0.3 is 0 Å². The van der Waals surface area contributed by atoms with Crippen LogP contribution in [-0.2, 0) is 4.79 Å². The zero-order valence-electron chi connectivity index (χ0n) is 14.5. The molecule has 23 heavy (non-hydrogen) atoms. The number of hydrogen-bond acceptors (Lipinski definition) is 5. The van der Waals surface area contributed by atoms with Gasteiger partial charge in [-0.1, -0.05) is 13.8 Å². The second-order valence-electron chi connectivity index (χ2n) is 5.99. The number of rotatable bonds is 7. The number of amides is 1. The first-order valence-electron chi connectivity index (χ1n) is 8.60. The largest absolute Gasteiger partial charge is 0.481 e. The first kappa shape index (κ1) is 17.5. The van der Waals surface area contributed by atoms with Crippen molar-refractivity contribution in [3.8, 4) is 5.88 Å². The van der Waals surface area contributed by atoms with Crippen LogP contribution in [0.25, 0.3) is 0 Å². The summed E-state index contributed by atoms with van der Waals surface area (Å²) in [5.41, 5.74) is 0. The minimum absolute atomic E-state index is 0.134. The van der Waals surface area contributed by atoms with E-state index in [1.165, 1.54) is 0 Å². The van der Waals surface area contributed by atoms with E-state index >= 15 is 0 Å². The van der Waals surface area contributed by atoms with Gasteiger partial charge in [0.25, 0.3) is 0 Å². The fourth-order valence-electron chi connectivity index (χ4n) is 3.06. The summed E-state index contributed by atoms with van der Waals surface area (Å²) in [5.74, 6) is 1.72. The summed E-state index contributed by atoms with van der Waals surface area (Å²) in [7, 11) is 1.60. The third-order valence-corrected chi connectivity index (χ3v) is 4.25. The van der Waals surface area contributed by atoms with E-state index in [2.05, 4.69) is 28.7 Å². The molecule has 1 aromatic rings. The highest BCUT2D eigenvalue weighted by Crippen LogP contribution is 2.23. The van der Waals surface area contributed by atoms with Gasteiger partial charge < -0.3 is 14.5 Å². The topological polar surface area (TPSA) is 58.6 Å². The van der Waals surface area contributed by atoms with E-state index in [1.54, 1.807) is 19.4 Å². The van der Waals surface area contributed by atoms with E-state index < -0.39 is 0 Å². The van der Waals surface area contributed by atoms with Gasteiger partial charge in [-0.2, -0.15) is 4.98 Å². The molecule has 1 saturated heterocycles. The van der Waals surface area contributed by atoms with Crippen LogP contribution in [0.15, 0.2) is 12.3 Å². The summed E-state index contributed by atoms with van der Waals surface area (Å²) in [6.45, 7) is 7.61. The fourth-order valence-corrected chi connectivity index (χ4v) is 3.06. The van der Waals surface area contributed by atoms with E-state index in [0.717, 1.165) is 51.9 Å². The molecule has 0 atom stereocenters. The Labute approximate surface area is 138 Å². The van der Waals surface area contributed by atoms with Crippen LogP contribution in [0.2, 0.25) is 0 Å². The predicted octanol–water partition coefficient (Wildman–Crippen LogP) is 2.35. The zero-order chi connectivity index (χ0) is 16.7. The van der Waals surface area contributed by atoms with Gasteiger partial charge in [0.15, 0.2) is 0 Å². The standard InChI is InChI=1S/C17H28N4O2/c1-4-10-20(11-5-2)16(22)14-7-12-21(13-8-14)17-18-9-6-15(19-17)23-3/h6,9,14H,4-5,7-8,10-13H2,1-3H3. The van der Waals surface area contributed by atoms with Gasteiger partial charge in [0.05, 0.1) is 7.11 Å². The van der Waals surface area contributed by atoms with Crippen LogP contribution in [0, 0.1) is 5.92 Å². The number of piperidine rings is 1. The van der Waals surface area contributed by atoms with Crippen molar-refractivity contribution in [3.63, 3.8) is 0 Å². The summed E-state index contributed by atoms with van der Waals surface area (Å²) in [4.78, 5) is 25.5. The van der Waals surface area contributed by atoms with Crippen LogP contribution < -0.4 is 9.64 Å². The maximum Gasteiger partial charge on any atom is 0.228 e. The summed E-state index contributed by atoms with van der Waals surface area (Å²) in [6, 6.07) is 1.74. The highest BCUT2D eigenvalue weighted by atomic mass is 16.5. The summed E-state index contributed by atoms with van der Waals surface area (Å²) in [5, 5.41) is 0. The van der Waals surface area contributed by atoms with Crippen LogP contribution in [-0.4, -0.2) is 54.1 Å². The number of carbonyl (C=O) groups excluding carboxylic acids is 1. The van der Waals surface area contributed by atoms with Gasteiger partial charge in [0, 0.05) is 44.4 Å². The summed E-state index contributed by atoms with van der Waals surface area (Å²) >= 11 is 0. The maximum absolute atomic E-state index is 12.7. The lowest BCUT2D eigenvalue weighted by Gasteiger charge is -2.34. The Balaban J connectivity index is 1.93. The normalized spacial score (nSPS) is 15.5. The molecule has 0 N–H and O–H groups in total. The molecule has 2 rings (SSSR count). The van der Waals surface area contributed by atoms with Crippen molar-refractivity contribution in [1.82, 2.24) is 14.9 Å². The number of carbonyl (C=O) groups is 1.